The van der Waals surface area contributed by atoms with Crippen molar-refractivity contribution in [3.8, 4) is 0 Å². The Labute approximate surface area is 122 Å². The van der Waals surface area contributed by atoms with Crippen molar-refractivity contribution in [1.29, 1.82) is 0 Å². The fourth-order valence-corrected chi connectivity index (χ4v) is 3.14. The van der Waals surface area contributed by atoms with Crippen LogP contribution in [-0.4, -0.2) is 25.3 Å². The fraction of sp³-hybridized carbons (Fsp3) is 0.600. The van der Waals surface area contributed by atoms with Gasteiger partial charge in [0, 0.05) is 16.4 Å². The minimum atomic E-state index is -0.176. The van der Waals surface area contributed by atoms with Crippen molar-refractivity contribution in [2.45, 2.75) is 38.8 Å². The lowest BCUT2D eigenvalue weighted by Crippen LogP contribution is -2.38. The summed E-state index contributed by atoms with van der Waals surface area (Å²) >= 11 is 3.50. The summed E-state index contributed by atoms with van der Waals surface area (Å²) < 4.78 is 20.0. The number of rotatable bonds is 5. The van der Waals surface area contributed by atoms with Crippen molar-refractivity contribution in [2.75, 3.05) is 13.2 Å². The van der Waals surface area contributed by atoms with Gasteiger partial charge in [0.15, 0.2) is 0 Å². The molecule has 0 aromatic heterocycles. The van der Waals surface area contributed by atoms with Gasteiger partial charge in [-0.15, -0.1) is 0 Å². The zero-order chi connectivity index (χ0) is 13.8. The van der Waals surface area contributed by atoms with E-state index in [-0.39, 0.29) is 5.82 Å². The van der Waals surface area contributed by atoms with Crippen LogP contribution in [0.5, 0.6) is 0 Å². The number of benzene rings is 1. The van der Waals surface area contributed by atoms with Gasteiger partial charge < -0.3 is 10.1 Å². The molecule has 0 spiro atoms. The molecule has 1 fully saturated rings. The van der Waals surface area contributed by atoms with E-state index >= 15 is 0 Å². The van der Waals surface area contributed by atoms with Gasteiger partial charge in [-0.2, -0.15) is 0 Å². The summed E-state index contributed by atoms with van der Waals surface area (Å²) in [7, 11) is 0. The maximum atomic E-state index is 13.4. The molecule has 1 aromatic carbocycles. The number of likely N-dealkylation sites (N-methyl/N-ethyl adjacent to an activating group) is 1. The van der Waals surface area contributed by atoms with Gasteiger partial charge in [-0.05, 0) is 50.1 Å². The Morgan fingerprint density at radius 2 is 2.32 bits per heavy atom. The van der Waals surface area contributed by atoms with Crippen molar-refractivity contribution in [3.63, 3.8) is 0 Å². The van der Waals surface area contributed by atoms with Gasteiger partial charge in [0.2, 0.25) is 0 Å². The standard InChI is InChI=1S/C15H21BrFNO/c1-3-18-15(12-6-10(2)19-9-12)8-11-7-13(17)4-5-14(11)16/h4-5,7,10,12,15,18H,3,6,8-9H2,1-2H3. The average molecular weight is 330 g/mol. The van der Waals surface area contributed by atoms with Crippen LogP contribution in [-0.2, 0) is 11.2 Å². The first-order chi connectivity index (χ1) is 9.10. The predicted molar refractivity (Wildman–Crippen MR) is 78.8 cm³/mol. The Morgan fingerprint density at radius 1 is 1.53 bits per heavy atom. The second kappa shape index (κ2) is 6.82. The van der Waals surface area contributed by atoms with Crippen LogP contribution in [0, 0.1) is 11.7 Å². The Kier molecular flexibility index (Phi) is 5.37. The summed E-state index contributed by atoms with van der Waals surface area (Å²) in [5, 5.41) is 3.52. The van der Waals surface area contributed by atoms with E-state index in [9.17, 15) is 4.39 Å². The second-order valence-electron chi connectivity index (χ2n) is 5.24. The molecule has 106 valence electrons. The monoisotopic (exact) mass is 329 g/mol. The van der Waals surface area contributed by atoms with Crippen LogP contribution in [0.25, 0.3) is 0 Å². The molecule has 2 rings (SSSR count). The molecule has 3 unspecified atom stereocenters. The molecule has 1 heterocycles. The molecule has 1 aromatic rings. The minimum absolute atomic E-state index is 0.176. The normalized spacial score (nSPS) is 24.6. The second-order valence-corrected chi connectivity index (χ2v) is 6.10. The topological polar surface area (TPSA) is 21.3 Å². The third-order valence-electron chi connectivity index (χ3n) is 3.71. The SMILES string of the molecule is CCNC(Cc1cc(F)ccc1Br)C1COC(C)C1. The molecule has 3 atom stereocenters. The molecular formula is C15H21BrFNO. The summed E-state index contributed by atoms with van der Waals surface area (Å²) in [6.07, 6.45) is 2.24. The Bertz CT molecular complexity index is 427. The third kappa shape index (κ3) is 4.01. The zero-order valence-corrected chi connectivity index (χ0v) is 13.0. The van der Waals surface area contributed by atoms with Gasteiger partial charge in [-0.1, -0.05) is 22.9 Å². The lowest BCUT2D eigenvalue weighted by molar-refractivity contribution is 0.117. The van der Waals surface area contributed by atoms with E-state index in [0.717, 1.165) is 36.0 Å². The van der Waals surface area contributed by atoms with Crippen LogP contribution in [0.3, 0.4) is 0 Å². The quantitative estimate of drug-likeness (QED) is 0.892. The van der Waals surface area contributed by atoms with Crippen molar-refractivity contribution in [2.24, 2.45) is 5.92 Å². The van der Waals surface area contributed by atoms with Gasteiger partial charge in [0.05, 0.1) is 12.7 Å². The maximum absolute atomic E-state index is 13.4. The molecule has 2 nitrogen and oxygen atoms in total. The number of hydrogen-bond acceptors (Lipinski definition) is 2. The average Bonchev–Trinajstić information content (AvgIpc) is 2.80. The third-order valence-corrected chi connectivity index (χ3v) is 4.49. The first kappa shape index (κ1) is 14.9. The van der Waals surface area contributed by atoms with Crippen LogP contribution < -0.4 is 5.32 Å². The number of nitrogens with one attached hydrogen (secondary N) is 1. The molecule has 1 saturated heterocycles. The van der Waals surface area contributed by atoms with Gasteiger partial charge in [-0.25, -0.2) is 4.39 Å². The summed E-state index contributed by atoms with van der Waals surface area (Å²) in [6, 6.07) is 5.22. The summed E-state index contributed by atoms with van der Waals surface area (Å²) in [5.74, 6) is 0.328. The first-order valence-corrected chi connectivity index (χ1v) is 7.68. The highest BCUT2D eigenvalue weighted by Gasteiger charge is 2.29. The Morgan fingerprint density at radius 3 is 2.95 bits per heavy atom. The lowest BCUT2D eigenvalue weighted by atomic mass is 9.91. The van der Waals surface area contributed by atoms with E-state index in [2.05, 4.69) is 35.1 Å². The van der Waals surface area contributed by atoms with Gasteiger partial charge >= 0.3 is 0 Å². The van der Waals surface area contributed by atoms with E-state index in [0.29, 0.717) is 18.1 Å². The fourth-order valence-electron chi connectivity index (χ4n) is 2.74. The summed E-state index contributed by atoms with van der Waals surface area (Å²) in [5.41, 5.74) is 1.02. The minimum Gasteiger partial charge on any atom is -0.378 e. The molecule has 1 aliphatic rings. The summed E-state index contributed by atoms with van der Waals surface area (Å²) in [6.45, 7) is 5.93. The molecule has 19 heavy (non-hydrogen) atoms. The molecular weight excluding hydrogens is 309 g/mol. The van der Waals surface area contributed by atoms with Gasteiger partial charge in [-0.3, -0.25) is 0 Å². The Hall–Kier alpha value is -0.450. The molecule has 0 bridgehead atoms. The highest BCUT2D eigenvalue weighted by Crippen LogP contribution is 2.27. The lowest BCUT2D eigenvalue weighted by Gasteiger charge is -2.24. The van der Waals surface area contributed by atoms with E-state index in [1.165, 1.54) is 6.07 Å². The Balaban J connectivity index is 2.09. The van der Waals surface area contributed by atoms with E-state index in [1.54, 1.807) is 12.1 Å². The smallest absolute Gasteiger partial charge is 0.123 e. The van der Waals surface area contributed by atoms with E-state index in [4.69, 9.17) is 4.74 Å². The van der Waals surface area contributed by atoms with Crippen molar-refractivity contribution >= 4 is 15.9 Å². The van der Waals surface area contributed by atoms with Crippen LogP contribution >= 0.6 is 15.9 Å². The van der Waals surface area contributed by atoms with E-state index in [1.807, 2.05) is 0 Å². The van der Waals surface area contributed by atoms with Crippen molar-refractivity contribution in [1.82, 2.24) is 5.32 Å². The van der Waals surface area contributed by atoms with Crippen LogP contribution in [0.2, 0.25) is 0 Å². The van der Waals surface area contributed by atoms with Crippen LogP contribution in [0.1, 0.15) is 25.8 Å². The predicted octanol–water partition coefficient (Wildman–Crippen LogP) is 3.53. The zero-order valence-electron chi connectivity index (χ0n) is 11.5. The summed E-state index contributed by atoms with van der Waals surface area (Å²) in [4.78, 5) is 0. The van der Waals surface area contributed by atoms with Crippen molar-refractivity contribution < 1.29 is 9.13 Å². The molecule has 1 N–H and O–H groups in total. The molecule has 0 aliphatic carbocycles. The highest BCUT2D eigenvalue weighted by atomic mass is 79.9. The van der Waals surface area contributed by atoms with Crippen LogP contribution in [0.4, 0.5) is 4.39 Å². The molecule has 0 radical (unpaired) electrons. The molecule has 0 saturated carbocycles. The van der Waals surface area contributed by atoms with Gasteiger partial charge in [0.25, 0.3) is 0 Å². The van der Waals surface area contributed by atoms with Gasteiger partial charge in [0.1, 0.15) is 5.82 Å². The van der Waals surface area contributed by atoms with Crippen LogP contribution in [0.15, 0.2) is 22.7 Å². The number of ether oxygens (including phenoxy) is 1. The molecule has 1 aliphatic heterocycles. The van der Waals surface area contributed by atoms with Crippen molar-refractivity contribution in [3.05, 3.63) is 34.1 Å². The first-order valence-electron chi connectivity index (χ1n) is 6.89. The number of hydrogen-bond donors (Lipinski definition) is 1. The largest absolute Gasteiger partial charge is 0.378 e. The number of halogens is 2. The molecule has 4 heteroatoms. The van der Waals surface area contributed by atoms with E-state index < -0.39 is 0 Å². The highest BCUT2D eigenvalue weighted by molar-refractivity contribution is 9.10. The molecule has 0 amide bonds. The maximum Gasteiger partial charge on any atom is 0.123 e.